The van der Waals surface area contributed by atoms with Gasteiger partial charge in [-0.3, -0.25) is 10.1 Å². The maximum Gasteiger partial charge on any atom is 0.261 e. The van der Waals surface area contributed by atoms with Crippen LogP contribution in [0.15, 0.2) is 47.8 Å². The zero-order valence-electron chi connectivity index (χ0n) is 13.3. The van der Waals surface area contributed by atoms with Crippen LogP contribution in [-0.2, 0) is 0 Å². The van der Waals surface area contributed by atoms with E-state index >= 15 is 0 Å². The maximum atomic E-state index is 12.5. The molecule has 25 heavy (non-hydrogen) atoms. The second kappa shape index (κ2) is 7.87. The lowest BCUT2D eigenvalue weighted by Gasteiger charge is -2.09. The second-order valence-corrected chi connectivity index (χ2v) is 6.75. The number of carbonyl (C=O) groups excluding carboxylic acids is 1. The molecule has 0 radical (unpaired) electrons. The molecule has 0 spiro atoms. The highest BCUT2D eigenvalue weighted by Crippen LogP contribution is 2.32. The quantitative estimate of drug-likeness (QED) is 0.599. The number of anilines is 1. The highest BCUT2D eigenvalue weighted by molar-refractivity contribution is 7.14. The van der Waals surface area contributed by atoms with Crippen molar-refractivity contribution in [2.75, 3.05) is 11.9 Å². The number of nitrogens with one attached hydrogen (secondary N) is 1. The SMILES string of the molecule is CCOc1ccccc1C(=O)Nc1nc(-c2ccc(Cl)cc2Cl)cs1. The van der Waals surface area contributed by atoms with E-state index in [0.717, 1.165) is 5.56 Å². The normalized spacial score (nSPS) is 10.5. The molecular weight excluding hydrogens is 379 g/mol. The molecule has 4 nitrogen and oxygen atoms in total. The summed E-state index contributed by atoms with van der Waals surface area (Å²) in [5.41, 5.74) is 1.91. The van der Waals surface area contributed by atoms with Crippen molar-refractivity contribution >= 4 is 45.6 Å². The lowest BCUT2D eigenvalue weighted by Crippen LogP contribution is -2.13. The summed E-state index contributed by atoms with van der Waals surface area (Å²) in [4.78, 5) is 16.9. The van der Waals surface area contributed by atoms with Gasteiger partial charge in [0.1, 0.15) is 5.75 Å². The van der Waals surface area contributed by atoms with Crippen molar-refractivity contribution in [1.29, 1.82) is 0 Å². The minimum atomic E-state index is -0.271. The van der Waals surface area contributed by atoms with Crippen LogP contribution in [0.4, 0.5) is 5.13 Å². The standard InChI is InChI=1S/C18H14Cl2N2O2S/c1-2-24-16-6-4-3-5-13(16)17(23)22-18-21-15(10-25-18)12-8-7-11(19)9-14(12)20/h3-10H,2H2,1H3,(H,21,22,23). The van der Waals surface area contributed by atoms with Crippen LogP contribution in [0.5, 0.6) is 5.75 Å². The Labute approximate surface area is 159 Å². The number of amides is 1. The molecule has 0 aliphatic rings. The van der Waals surface area contributed by atoms with Crippen LogP contribution in [0.25, 0.3) is 11.3 Å². The summed E-state index contributed by atoms with van der Waals surface area (Å²) in [6.07, 6.45) is 0. The van der Waals surface area contributed by atoms with Gasteiger partial charge in [-0.05, 0) is 37.3 Å². The van der Waals surface area contributed by atoms with Crippen LogP contribution in [-0.4, -0.2) is 17.5 Å². The van der Waals surface area contributed by atoms with Gasteiger partial charge in [0.2, 0.25) is 0 Å². The molecule has 1 heterocycles. The van der Waals surface area contributed by atoms with Gasteiger partial charge < -0.3 is 4.74 Å². The fraction of sp³-hybridized carbons (Fsp3) is 0.111. The Kier molecular flexibility index (Phi) is 5.58. The summed E-state index contributed by atoms with van der Waals surface area (Å²) in [7, 11) is 0. The van der Waals surface area contributed by atoms with Crippen molar-refractivity contribution in [2.24, 2.45) is 0 Å². The van der Waals surface area contributed by atoms with Crippen molar-refractivity contribution in [2.45, 2.75) is 6.92 Å². The van der Waals surface area contributed by atoms with Crippen LogP contribution >= 0.6 is 34.5 Å². The van der Waals surface area contributed by atoms with E-state index in [1.165, 1.54) is 11.3 Å². The smallest absolute Gasteiger partial charge is 0.261 e. The molecule has 3 aromatic rings. The minimum Gasteiger partial charge on any atom is -0.493 e. The first-order chi connectivity index (χ1) is 12.1. The first-order valence-corrected chi connectivity index (χ1v) is 9.16. The lowest BCUT2D eigenvalue weighted by molar-refractivity contribution is 0.102. The number of para-hydroxylation sites is 1. The highest BCUT2D eigenvalue weighted by Gasteiger charge is 2.15. The molecule has 0 saturated carbocycles. The van der Waals surface area contributed by atoms with Gasteiger partial charge in [0.25, 0.3) is 5.91 Å². The first-order valence-electron chi connectivity index (χ1n) is 7.52. The van der Waals surface area contributed by atoms with Crippen LogP contribution < -0.4 is 10.1 Å². The number of rotatable bonds is 5. The predicted molar refractivity (Wildman–Crippen MR) is 103 cm³/mol. The number of carbonyl (C=O) groups is 1. The monoisotopic (exact) mass is 392 g/mol. The third-order valence-electron chi connectivity index (χ3n) is 3.36. The van der Waals surface area contributed by atoms with Gasteiger partial charge >= 0.3 is 0 Å². The summed E-state index contributed by atoms with van der Waals surface area (Å²) < 4.78 is 5.49. The Morgan fingerprint density at radius 3 is 2.80 bits per heavy atom. The number of hydrogen-bond acceptors (Lipinski definition) is 4. The molecule has 1 amide bonds. The molecule has 1 N–H and O–H groups in total. The number of aromatic nitrogens is 1. The van der Waals surface area contributed by atoms with Crippen molar-refractivity contribution < 1.29 is 9.53 Å². The van der Waals surface area contributed by atoms with Crippen LogP contribution in [0.3, 0.4) is 0 Å². The molecule has 0 bridgehead atoms. The van der Waals surface area contributed by atoms with Gasteiger partial charge in [0.05, 0.1) is 22.9 Å². The Morgan fingerprint density at radius 2 is 2.04 bits per heavy atom. The molecule has 3 rings (SSSR count). The first kappa shape index (κ1) is 17.7. The summed E-state index contributed by atoms with van der Waals surface area (Å²) in [5.74, 6) is 0.271. The molecule has 128 valence electrons. The molecule has 0 aliphatic carbocycles. The Morgan fingerprint density at radius 1 is 1.24 bits per heavy atom. The van der Waals surface area contributed by atoms with Crippen LogP contribution in [0, 0.1) is 0 Å². The zero-order valence-corrected chi connectivity index (χ0v) is 15.6. The number of hydrogen-bond donors (Lipinski definition) is 1. The second-order valence-electron chi connectivity index (χ2n) is 5.05. The van der Waals surface area contributed by atoms with Crippen molar-refractivity contribution in [3.8, 4) is 17.0 Å². The molecular formula is C18H14Cl2N2O2S. The van der Waals surface area contributed by atoms with E-state index in [4.69, 9.17) is 27.9 Å². The maximum absolute atomic E-state index is 12.5. The number of nitrogens with zero attached hydrogens (tertiary/aromatic N) is 1. The number of halogens is 2. The topological polar surface area (TPSA) is 51.2 Å². The molecule has 7 heteroatoms. The fourth-order valence-electron chi connectivity index (χ4n) is 2.25. The molecule has 0 saturated heterocycles. The highest BCUT2D eigenvalue weighted by atomic mass is 35.5. The van der Waals surface area contributed by atoms with Gasteiger partial charge in [0, 0.05) is 16.0 Å². The van der Waals surface area contributed by atoms with E-state index < -0.39 is 0 Å². The van der Waals surface area contributed by atoms with Gasteiger partial charge in [-0.1, -0.05) is 35.3 Å². The molecule has 2 aromatic carbocycles. The average Bonchev–Trinajstić information content (AvgIpc) is 3.03. The third kappa shape index (κ3) is 4.12. The van der Waals surface area contributed by atoms with Crippen LogP contribution in [0.2, 0.25) is 10.0 Å². The Hall–Kier alpha value is -2.08. The van der Waals surface area contributed by atoms with Gasteiger partial charge in [0.15, 0.2) is 5.13 Å². The van der Waals surface area contributed by atoms with E-state index in [1.54, 1.807) is 36.4 Å². The van der Waals surface area contributed by atoms with Crippen LogP contribution in [0.1, 0.15) is 17.3 Å². The third-order valence-corrected chi connectivity index (χ3v) is 4.67. The zero-order chi connectivity index (χ0) is 17.8. The van der Waals surface area contributed by atoms with Crippen molar-refractivity contribution in [1.82, 2.24) is 4.98 Å². The van der Waals surface area contributed by atoms with E-state index in [1.807, 2.05) is 18.4 Å². The van der Waals surface area contributed by atoms with Gasteiger partial charge in [-0.15, -0.1) is 11.3 Å². The molecule has 0 fully saturated rings. The van der Waals surface area contributed by atoms with E-state index in [2.05, 4.69) is 10.3 Å². The Balaban J connectivity index is 1.81. The summed E-state index contributed by atoms with van der Waals surface area (Å²) in [5, 5.41) is 6.19. The summed E-state index contributed by atoms with van der Waals surface area (Å²) in [6.45, 7) is 2.36. The van der Waals surface area contributed by atoms with Crippen molar-refractivity contribution in [3.05, 3.63) is 63.5 Å². The van der Waals surface area contributed by atoms with Gasteiger partial charge in [-0.2, -0.15) is 0 Å². The predicted octanol–water partition coefficient (Wildman–Crippen LogP) is 5.77. The minimum absolute atomic E-state index is 0.271. The number of thiazole rings is 1. The fourth-order valence-corrected chi connectivity index (χ4v) is 3.46. The average molecular weight is 393 g/mol. The van der Waals surface area contributed by atoms with E-state index in [9.17, 15) is 4.79 Å². The summed E-state index contributed by atoms with van der Waals surface area (Å²) in [6, 6.07) is 12.3. The van der Waals surface area contributed by atoms with E-state index in [0.29, 0.717) is 38.8 Å². The van der Waals surface area contributed by atoms with E-state index in [-0.39, 0.29) is 5.91 Å². The molecule has 1 aromatic heterocycles. The van der Waals surface area contributed by atoms with Crippen molar-refractivity contribution in [3.63, 3.8) is 0 Å². The lowest BCUT2D eigenvalue weighted by atomic mass is 10.2. The summed E-state index contributed by atoms with van der Waals surface area (Å²) >= 11 is 13.4. The molecule has 0 atom stereocenters. The van der Waals surface area contributed by atoms with Gasteiger partial charge in [-0.25, -0.2) is 4.98 Å². The molecule has 0 unspecified atom stereocenters. The largest absolute Gasteiger partial charge is 0.493 e. The number of ether oxygens (including phenoxy) is 1. The Bertz CT molecular complexity index is 912. The molecule has 0 aliphatic heterocycles. The number of benzene rings is 2.